The summed E-state index contributed by atoms with van der Waals surface area (Å²) in [6.07, 6.45) is 2.10. The van der Waals surface area contributed by atoms with Crippen molar-refractivity contribution in [1.82, 2.24) is 5.32 Å². The van der Waals surface area contributed by atoms with Gasteiger partial charge in [-0.15, -0.1) is 0 Å². The van der Waals surface area contributed by atoms with Crippen molar-refractivity contribution in [1.29, 1.82) is 0 Å². The van der Waals surface area contributed by atoms with Gasteiger partial charge in [-0.3, -0.25) is 4.79 Å². The van der Waals surface area contributed by atoms with Gasteiger partial charge < -0.3 is 14.8 Å². The molecule has 0 atom stereocenters. The van der Waals surface area contributed by atoms with Crippen molar-refractivity contribution in [2.45, 2.75) is 32.8 Å². The Morgan fingerprint density at radius 2 is 2.10 bits per heavy atom. The molecule has 1 N–H and O–H groups in total. The van der Waals surface area contributed by atoms with Gasteiger partial charge in [-0.05, 0) is 44.9 Å². The zero-order chi connectivity index (χ0) is 15.0. The maximum absolute atomic E-state index is 12.0. The van der Waals surface area contributed by atoms with E-state index >= 15 is 0 Å². The van der Waals surface area contributed by atoms with E-state index in [0.29, 0.717) is 17.9 Å². The SMILES string of the molecule is COc1cc(Br)ccc1C(=O)NCCCCOC(C)C. The molecule has 0 aliphatic rings. The molecule has 0 aromatic heterocycles. The average molecular weight is 344 g/mol. The number of benzene rings is 1. The molecule has 0 saturated heterocycles. The fourth-order valence-electron chi connectivity index (χ4n) is 1.70. The van der Waals surface area contributed by atoms with Crippen LogP contribution in [0.4, 0.5) is 0 Å². The average Bonchev–Trinajstić information content (AvgIpc) is 2.41. The van der Waals surface area contributed by atoms with E-state index in [9.17, 15) is 4.79 Å². The molecule has 0 saturated carbocycles. The number of hydrogen-bond acceptors (Lipinski definition) is 3. The highest BCUT2D eigenvalue weighted by Gasteiger charge is 2.11. The third kappa shape index (κ3) is 5.92. The van der Waals surface area contributed by atoms with Gasteiger partial charge in [0.2, 0.25) is 0 Å². The Labute approximate surface area is 129 Å². The fraction of sp³-hybridized carbons (Fsp3) is 0.533. The van der Waals surface area contributed by atoms with E-state index in [1.807, 2.05) is 19.9 Å². The monoisotopic (exact) mass is 343 g/mol. The van der Waals surface area contributed by atoms with Crippen molar-refractivity contribution in [2.24, 2.45) is 0 Å². The van der Waals surface area contributed by atoms with Crippen LogP contribution in [0.2, 0.25) is 0 Å². The molecule has 1 aromatic rings. The van der Waals surface area contributed by atoms with Crippen LogP contribution in [0.15, 0.2) is 22.7 Å². The second-order valence-electron chi connectivity index (χ2n) is 4.73. The maximum atomic E-state index is 12.0. The van der Waals surface area contributed by atoms with Crippen LogP contribution in [0, 0.1) is 0 Å². The highest BCUT2D eigenvalue weighted by atomic mass is 79.9. The summed E-state index contributed by atoms with van der Waals surface area (Å²) in [5, 5.41) is 2.89. The first-order valence-corrected chi connectivity index (χ1v) is 7.57. The van der Waals surface area contributed by atoms with Crippen LogP contribution in [0.1, 0.15) is 37.0 Å². The van der Waals surface area contributed by atoms with E-state index in [2.05, 4.69) is 21.2 Å². The summed E-state index contributed by atoms with van der Waals surface area (Å²) in [7, 11) is 1.56. The molecule has 1 amide bonds. The van der Waals surface area contributed by atoms with Gasteiger partial charge in [0.1, 0.15) is 5.75 Å². The number of carbonyl (C=O) groups is 1. The van der Waals surface area contributed by atoms with Crippen molar-refractivity contribution >= 4 is 21.8 Å². The Bertz CT molecular complexity index is 435. The zero-order valence-corrected chi connectivity index (χ0v) is 13.8. The third-order valence-electron chi connectivity index (χ3n) is 2.72. The molecule has 0 fully saturated rings. The summed E-state index contributed by atoms with van der Waals surface area (Å²) >= 11 is 3.35. The number of hydrogen-bond donors (Lipinski definition) is 1. The Morgan fingerprint density at radius 1 is 1.35 bits per heavy atom. The van der Waals surface area contributed by atoms with Crippen LogP contribution in [-0.4, -0.2) is 32.3 Å². The van der Waals surface area contributed by atoms with E-state index in [1.165, 1.54) is 0 Å². The summed E-state index contributed by atoms with van der Waals surface area (Å²) in [5.41, 5.74) is 0.550. The molecule has 5 heteroatoms. The number of amides is 1. The molecular formula is C15H22BrNO3. The van der Waals surface area contributed by atoms with Gasteiger partial charge in [-0.2, -0.15) is 0 Å². The van der Waals surface area contributed by atoms with Crippen LogP contribution in [-0.2, 0) is 4.74 Å². The first kappa shape index (κ1) is 17.0. The lowest BCUT2D eigenvalue weighted by atomic mass is 10.2. The lowest BCUT2D eigenvalue weighted by Gasteiger charge is -2.10. The summed E-state index contributed by atoms with van der Waals surface area (Å²) in [6, 6.07) is 5.36. The second kappa shape index (κ2) is 8.97. The molecule has 0 radical (unpaired) electrons. The van der Waals surface area contributed by atoms with Crippen LogP contribution in [0.5, 0.6) is 5.75 Å². The minimum atomic E-state index is -0.112. The number of halogens is 1. The lowest BCUT2D eigenvalue weighted by Crippen LogP contribution is -2.25. The van der Waals surface area contributed by atoms with Crippen molar-refractivity contribution in [2.75, 3.05) is 20.3 Å². The van der Waals surface area contributed by atoms with E-state index in [4.69, 9.17) is 9.47 Å². The van der Waals surface area contributed by atoms with Crippen LogP contribution in [0.25, 0.3) is 0 Å². The van der Waals surface area contributed by atoms with E-state index in [-0.39, 0.29) is 12.0 Å². The molecule has 1 aromatic carbocycles. The molecule has 0 heterocycles. The van der Waals surface area contributed by atoms with Crippen molar-refractivity contribution in [3.63, 3.8) is 0 Å². The number of methoxy groups -OCH3 is 1. The fourth-order valence-corrected chi connectivity index (χ4v) is 2.04. The summed E-state index contributed by atoms with van der Waals surface area (Å²) in [5.74, 6) is 0.458. The molecular weight excluding hydrogens is 322 g/mol. The molecule has 0 bridgehead atoms. The minimum Gasteiger partial charge on any atom is -0.496 e. The molecule has 112 valence electrons. The first-order chi connectivity index (χ1) is 9.54. The molecule has 0 aliphatic heterocycles. The zero-order valence-electron chi connectivity index (χ0n) is 12.2. The van der Waals surface area contributed by atoms with Crippen molar-refractivity contribution < 1.29 is 14.3 Å². The van der Waals surface area contributed by atoms with Gasteiger partial charge in [0.15, 0.2) is 0 Å². The topological polar surface area (TPSA) is 47.6 Å². The van der Waals surface area contributed by atoms with E-state index in [0.717, 1.165) is 23.9 Å². The minimum absolute atomic E-state index is 0.112. The molecule has 20 heavy (non-hydrogen) atoms. The molecule has 4 nitrogen and oxygen atoms in total. The van der Waals surface area contributed by atoms with Crippen molar-refractivity contribution in [3.05, 3.63) is 28.2 Å². The highest BCUT2D eigenvalue weighted by Crippen LogP contribution is 2.23. The van der Waals surface area contributed by atoms with E-state index in [1.54, 1.807) is 19.2 Å². The summed E-state index contributed by atoms with van der Waals surface area (Å²) < 4.78 is 11.5. The van der Waals surface area contributed by atoms with Gasteiger partial charge in [0.05, 0.1) is 18.8 Å². The third-order valence-corrected chi connectivity index (χ3v) is 3.21. The Kier molecular flexibility index (Phi) is 7.62. The maximum Gasteiger partial charge on any atom is 0.255 e. The highest BCUT2D eigenvalue weighted by molar-refractivity contribution is 9.10. The predicted octanol–water partition coefficient (Wildman–Crippen LogP) is 3.39. The number of rotatable bonds is 8. The molecule has 1 rings (SSSR count). The molecule has 0 aliphatic carbocycles. The second-order valence-corrected chi connectivity index (χ2v) is 5.64. The predicted molar refractivity (Wildman–Crippen MR) is 83.3 cm³/mol. The lowest BCUT2D eigenvalue weighted by molar-refractivity contribution is 0.0754. The normalized spacial score (nSPS) is 10.7. The van der Waals surface area contributed by atoms with Gasteiger partial charge in [0, 0.05) is 17.6 Å². The Hall–Kier alpha value is -1.07. The summed E-state index contributed by atoms with van der Waals surface area (Å²) in [4.78, 5) is 12.0. The van der Waals surface area contributed by atoms with Crippen LogP contribution in [0.3, 0.4) is 0 Å². The van der Waals surface area contributed by atoms with Gasteiger partial charge in [-0.25, -0.2) is 0 Å². The summed E-state index contributed by atoms with van der Waals surface area (Å²) in [6.45, 7) is 5.40. The number of unbranched alkanes of at least 4 members (excludes halogenated alkanes) is 1. The smallest absolute Gasteiger partial charge is 0.255 e. The number of nitrogens with one attached hydrogen (secondary N) is 1. The van der Waals surface area contributed by atoms with Gasteiger partial charge >= 0.3 is 0 Å². The quantitative estimate of drug-likeness (QED) is 0.736. The first-order valence-electron chi connectivity index (χ1n) is 6.78. The van der Waals surface area contributed by atoms with E-state index < -0.39 is 0 Å². The van der Waals surface area contributed by atoms with Crippen LogP contribution < -0.4 is 10.1 Å². The largest absolute Gasteiger partial charge is 0.496 e. The Morgan fingerprint density at radius 3 is 2.75 bits per heavy atom. The van der Waals surface area contributed by atoms with Crippen LogP contribution >= 0.6 is 15.9 Å². The standard InChI is InChI=1S/C15H22BrNO3/c1-11(2)20-9-5-4-8-17-15(18)13-7-6-12(16)10-14(13)19-3/h6-7,10-11H,4-5,8-9H2,1-3H3,(H,17,18). The number of carbonyl (C=O) groups excluding carboxylic acids is 1. The molecule has 0 spiro atoms. The van der Waals surface area contributed by atoms with Gasteiger partial charge in [0.25, 0.3) is 5.91 Å². The Balaban J connectivity index is 2.36. The van der Waals surface area contributed by atoms with Crippen molar-refractivity contribution in [3.8, 4) is 5.75 Å². The van der Waals surface area contributed by atoms with Gasteiger partial charge in [-0.1, -0.05) is 15.9 Å². The number of ether oxygens (including phenoxy) is 2. The molecule has 0 unspecified atom stereocenters.